The number of thiazole rings is 1. The second kappa shape index (κ2) is 33.3. The molecule has 422 valence electrons. The van der Waals surface area contributed by atoms with Gasteiger partial charge in [-0.1, -0.05) is 65.7 Å². The van der Waals surface area contributed by atoms with Crippen LogP contribution in [-0.2, 0) is 44.7 Å². The van der Waals surface area contributed by atoms with Crippen LogP contribution in [0.25, 0.3) is 0 Å². The average Bonchev–Trinajstić information content (AvgIpc) is 3.84. The Hall–Kier alpha value is -6.71. The summed E-state index contributed by atoms with van der Waals surface area (Å²) in [5.41, 5.74) is 7.63. The lowest BCUT2D eigenvalue weighted by atomic mass is 9.96. The van der Waals surface area contributed by atoms with Crippen molar-refractivity contribution >= 4 is 77.2 Å². The van der Waals surface area contributed by atoms with Crippen LogP contribution in [0.1, 0.15) is 161 Å². The van der Waals surface area contributed by atoms with E-state index in [9.17, 15) is 48.3 Å². The van der Waals surface area contributed by atoms with Crippen LogP contribution >= 0.6 is 11.3 Å². The molecule has 9 N–H and O–H groups in total. The third-order valence-electron chi connectivity index (χ3n) is 12.6. The number of aromatic nitrogens is 1. The Bertz CT molecular complexity index is 2330. The molecular weight excluding hydrogens is 997 g/mol. The van der Waals surface area contributed by atoms with Gasteiger partial charge in [-0.3, -0.25) is 38.4 Å². The number of rotatable bonds is 34. The second-order valence-electron chi connectivity index (χ2n) is 20.1. The lowest BCUT2D eigenvalue weighted by Crippen LogP contribution is -2.54. The summed E-state index contributed by atoms with van der Waals surface area (Å²) < 4.78 is 7.69. The van der Waals surface area contributed by atoms with Crippen molar-refractivity contribution < 1.29 is 57.6 Å². The maximum absolute atomic E-state index is 14.6. The summed E-state index contributed by atoms with van der Waals surface area (Å²) in [6.45, 7) is 22.3. The van der Waals surface area contributed by atoms with E-state index in [1.54, 1.807) is 43.0 Å². The molecule has 2 rings (SSSR count). The fourth-order valence-corrected chi connectivity index (χ4v) is 9.07. The summed E-state index contributed by atoms with van der Waals surface area (Å²) in [6.07, 6.45) is 3.63. The van der Waals surface area contributed by atoms with Crippen LogP contribution in [0.3, 0.4) is 0 Å². The van der Waals surface area contributed by atoms with Gasteiger partial charge in [0, 0.05) is 69.0 Å². The van der Waals surface area contributed by atoms with E-state index < -0.39 is 77.8 Å². The van der Waals surface area contributed by atoms with Gasteiger partial charge in [0.25, 0.3) is 5.91 Å². The number of esters is 1. The molecule has 7 atom stereocenters. The van der Waals surface area contributed by atoms with Crippen molar-refractivity contribution in [2.24, 2.45) is 23.5 Å². The highest BCUT2D eigenvalue weighted by atomic mass is 32.1. The minimum Gasteiger partial charge on any atom is -0.481 e. The smallest absolute Gasteiger partial charge is 0.312 e. The largest absolute Gasteiger partial charge is 0.481 e. The van der Waals surface area contributed by atoms with Crippen molar-refractivity contribution in [3.63, 3.8) is 0 Å². The highest BCUT2D eigenvalue weighted by molar-refractivity contribution is 7.09. The van der Waals surface area contributed by atoms with Crippen molar-refractivity contribution in [2.75, 3.05) is 32.0 Å². The third-order valence-corrected chi connectivity index (χ3v) is 13.5. The Kier molecular flexibility index (Phi) is 28.7. The third kappa shape index (κ3) is 23.5. The number of benzene rings is 1. The number of ether oxygens (including phenoxy) is 1. The van der Waals surface area contributed by atoms with E-state index in [1.807, 2.05) is 46.2 Å². The van der Waals surface area contributed by atoms with Crippen LogP contribution in [0.15, 0.2) is 40.9 Å². The molecule has 0 aliphatic carbocycles. The molecule has 21 nitrogen and oxygen atoms in total. The molecule has 0 radical (unpaired) electrons. The number of aliphatic carboxylic acids is 1. The monoisotopic (exact) mass is 1080 g/mol. The molecule has 1 aromatic carbocycles. The number of nitrogens with two attached hydrogens (primary N) is 1. The number of urea groups is 1. The number of carbonyl (C=O) groups excluding carboxylic acids is 8. The van der Waals surface area contributed by atoms with Crippen molar-refractivity contribution in [3.8, 4) is 0 Å². The summed E-state index contributed by atoms with van der Waals surface area (Å²) in [5, 5.41) is 28.2. The minimum atomic E-state index is -1.06. The molecule has 1 heterocycles. The van der Waals surface area contributed by atoms with Crippen molar-refractivity contribution in [2.45, 2.75) is 170 Å². The number of amides is 8. The number of primary amides is 1. The summed E-state index contributed by atoms with van der Waals surface area (Å²) >= 11 is 1.09. The SMILES string of the molecule is C=[N+](C)CCCCCC(=O)N[C@H](C(=O)N(CCC)C(C[C@@H](OC(C)=O)c1nc(C(=O)N[C@@H](Cc2ccc(NC(=O)C(CCCNC(N)=O)NC(=O)[C@@H](NC(C)=O)C(C)C)cc2)C[C@H](C)C(=O)O)cs1)=C(C)C)[C@@H](C)CC. The number of carboxylic acid groups (broad SMARTS) is 1. The number of carbonyl (C=O) groups is 9. The standard InChI is InChI=1S/C54H84N10O11S/c1-13-26-64(52(71)47(34(7)14-2)62-45(67)20-16-15-17-27-63(11)12)43(32(3)4)30-44(75-37(10)66)51-61-42(31-76-51)49(69)59-40(28-35(8)53(72)73)29-38-21-23-39(24-22-38)58-48(68)41(19-18-25-56-54(55)74)60-50(70)46(33(5)6)57-36(9)65/h21-24,31,33-35,40-41,44,46-47H,11,13-20,25-30H2,1-10,12H3,(H8-,55,56,57,58,59,60,62,65,67,68,69,70,72,73,74)/p+1/t34-,35-,40+,41?,44+,46-,47-/m0/s1. The molecule has 0 spiro atoms. The maximum atomic E-state index is 14.6. The van der Waals surface area contributed by atoms with E-state index in [4.69, 9.17) is 10.5 Å². The van der Waals surface area contributed by atoms with E-state index in [1.165, 1.54) is 26.2 Å². The first-order valence-electron chi connectivity index (χ1n) is 26.2. The first kappa shape index (κ1) is 65.4. The van der Waals surface area contributed by atoms with Crippen LogP contribution in [0.4, 0.5) is 10.5 Å². The zero-order chi connectivity index (χ0) is 57.2. The van der Waals surface area contributed by atoms with E-state index in [0.717, 1.165) is 36.3 Å². The molecule has 1 unspecified atom stereocenters. The Balaban J connectivity index is 2.37. The quantitative estimate of drug-likeness (QED) is 0.0184. The molecule has 0 aliphatic rings. The van der Waals surface area contributed by atoms with Crippen molar-refractivity contribution in [1.29, 1.82) is 0 Å². The molecule has 1 aromatic heterocycles. The van der Waals surface area contributed by atoms with Gasteiger partial charge in [0.2, 0.25) is 29.5 Å². The number of anilines is 1. The molecule has 8 amide bonds. The zero-order valence-electron chi connectivity index (χ0n) is 46.5. The molecule has 0 aliphatic heterocycles. The van der Waals surface area contributed by atoms with E-state index >= 15 is 0 Å². The number of hydrogen-bond donors (Lipinski definition) is 8. The van der Waals surface area contributed by atoms with Gasteiger partial charge in [-0.05, 0) is 88.3 Å². The van der Waals surface area contributed by atoms with E-state index in [-0.39, 0.29) is 68.0 Å². The van der Waals surface area contributed by atoms with Gasteiger partial charge in [-0.25, -0.2) is 14.4 Å². The first-order valence-corrected chi connectivity index (χ1v) is 27.1. The predicted octanol–water partition coefficient (Wildman–Crippen LogP) is 5.59. The van der Waals surface area contributed by atoms with Gasteiger partial charge in [-0.2, -0.15) is 0 Å². The van der Waals surface area contributed by atoms with Crippen LogP contribution in [0, 0.1) is 17.8 Å². The second-order valence-corrected chi connectivity index (χ2v) is 21.0. The van der Waals surface area contributed by atoms with Gasteiger partial charge >= 0.3 is 18.0 Å². The molecule has 2 aromatic rings. The minimum absolute atomic E-state index is 0.00482. The molecule has 22 heteroatoms. The number of carboxylic acids is 1. The van der Waals surface area contributed by atoms with Gasteiger partial charge in [0.1, 0.15) is 49.1 Å². The lowest BCUT2D eigenvalue weighted by Gasteiger charge is -2.34. The van der Waals surface area contributed by atoms with Crippen LogP contribution in [0.5, 0.6) is 0 Å². The Labute approximate surface area is 452 Å². The zero-order valence-corrected chi connectivity index (χ0v) is 47.3. The fraction of sp³-hybridized carbons (Fsp3) is 0.611. The van der Waals surface area contributed by atoms with Gasteiger partial charge in [0.05, 0.1) is 5.92 Å². The lowest BCUT2D eigenvalue weighted by molar-refractivity contribution is -0.488. The van der Waals surface area contributed by atoms with Crippen molar-refractivity contribution in [1.82, 2.24) is 36.5 Å². The molecule has 76 heavy (non-hydrogen) atoms. The fourth-order valence-electron chi connectivity index (χ4n) is 8.24. The Morgan fingerprint density at radius 3 is 2.09 bits per heavy atom. The van der Waals surface area contributed by atoms with E-state index in [0.29, 0.717) is 54.2 Å². The number of nitrogens with one attached hydrogen (secondary N) is 6. The highest BCUT2D eigenvalue weighted by Crippen LogP contribution is 2.32. The molecule has 0 fully saturated rings. The maximum Gasteiger partial charge on any atom is 0.312 e. The normalized spacial score (nSPS) is 13.8. The van der Waals surface area contributed by atoms with Crippen LogP contribution in [-0.4, -0.2) is 131 Å². The molecule has 0 saturated heterocycles. The van der Waals surface area contributed by atoms with Gasteiger partial charge in [0.15, 0.2) is 6.10 Å². The first-order chi connectivity index (χ1) is 35.8. The number of unbranched alkanes of at least 4 members (excludes halogenated alkanes) is 2. The molecule has 0 bridgehead atoms. The van der Waals surface area contributed by atoms with E-state index in [2.05, 4.69) is 43.6 Å². The van der Waals surface area contributed by atoms with Gasteiger partial charge in [-0.15, -0.1) is 11.3 Å². The molecular formula is C54H85N10O11S+. The summed E-state index contributed by atoms with van der Waals surface area (Å²) in [7, 11) is 1.90. The topological polar surface area (TPSA) is 300 Å². The Morgan fingerprint density at radius 1 is 0.868 bits per heavy atom. The predicted molar refractivity (Wildman–Crippen MR) is 292 cm³/mol. The van der Waals surface area contributed by atoms with Gasteiger partial charge < -0.3 is 52.4 Å². The number of hydrogen-bond acceptors (Lipinski definition) is 12. The molecule has 0 saturated carbocycles. The summed E-state index contributed by atoms with van der Waals surface area (Å²) in [5.74, 6) is -5.60. The number of nitrogens with zero attached hydrogens (tertiary/aromatic N) is 3. The summed E-state index contributed by atoms with van der Waals surface area (Å²) in [4.78, 5) is 123. The highest BCUT2D eigenvalue weighted by Gasteiger charge is 2.34. The summed E-state index contributed by atoms with van der Waals surface area (Å²) in [6, 6.07) is 2.46. The van der Waals surface area contributed by atoms with Crippen LogP contribution < -0.4 is 37.6 Å². The van der Waals surface area contributed by atoms with Crippen molar-refractivity contribution in [3.05, 3.63) is 57.2 Å². The van der Waals surface area contributed by atoms with Crippen LogP contribution in [0.2, 0.25) is 0 Å². The number of allylic oxidation sites excluding steroid dienone is 1. The Morgan fingerprint density at radius 2 is 1.54 bits per heavy atom. The average molecular weight is 1080 g/mol.